The summed E-state index contributed by atoms with van der Waals surface area (Å²) in [4.78, 5) is 41.0. The van der Waals surface area contributed by atoms with Crippen molar-refractivity contribution in [1.82, 2.24) is 5.32 Å². The van der Waals surface area contributed by atoms with Gasteiger partial charge in [0.2, 0.25) is 5.91 Å². The number of amides is 3. The van der Waals surface area contributed by atoms with E-state index in [1.165, 1.54) is 23.1 Å². The summed E-state index contributed by atoms with van der Waals surface area (Å²) in [7, 11) is 0. The number of carbonyl (C=O) groups is 3. The lowest BCUT2D eigenvalue weighted by atomic mass is 10.1. The van der Waals surface area contributed by atoms with Crippen LogP contribution in [0.3, 0.4) is 0 Å². The van der Waals surface area contributed by atoms with Gasteiger partial charge in [-0.3, -0.25) is 14.4 Å². The van der Waals surface area contributed by atoms with Crippen LogP contribution in [0.4, 0.5) is 11.4 Å². The molecule has 210 valence electrons. The number of anilines is 2. The smallest absolute Gasteiger partial charge is 0.272 e. The molecule has 5 aromatic rings. The summed E-state index contributed by atoms with van der Waals surface area (Å²) < 4.78 is 0. The lowest BCUT2D eigenvalue weighted by molar-refractivity contribution is -0.116. The predicted molar refractivity (Wildman–Crippen MR) is 174 cm³/mol. The molecule has 1 aromatic heterocycles. The van der Waals surface area contributed by atoms with E-state index >= 15 is 0 Å². The molecule has 0 saturated carbocycles. The molecule has 0 bridgehead atoms. The molecule has 0 spiro atoms. The number of carbonyl (C=O) groups excluding carboxylic acids is 3. The second-order valence-corrected chi connectivity index (χ2v) is 11.7. The fraction of sp³-hybridized carbons (Fsp3) is 0.0882. The molecule has 42 heavy (non-hydrogen) atoms. The molecular formula is C34H29N3O3S2. The highest BCUT2D eigenvalue weighted by Crippen LogP contribution is 2.29. The number of rotatable bonds is 10. The summed E-state index contributed by atoms with van der Waals surface area (Å²) in [6, 6.07) is 33.7. The number of thioether (sulfide) groups is 1. The van der Waals surface area contributed by atoms with Gasteiger partial charge in [-0.2, -0.15) is 0 Å². The van der Waals surface area contributed by atoms with E-state index < -0.39 is 5.91 Å². The quantitative estimate of drug-likeness (QED) is 0.114. The van der Waals surface area contributed by atoms with Crippen LogP contribution < -0.4 is 16.0 Å². The number of thiophene rings is 1. The van der Waals surface area contributed by atoms with Crippen LogP contribution in [0, 0.1) is 0 Å². The second kappa shape index (κ2) is 13.8. The molecule has 0 aliphatic rings. The van der Waals surface area contributed by atoms with Gasteiger partial charge in [-0.05, 0) is 77.2 Å². The molecule has 0 radical (unpaired) electrons. The molecule has 3 N–H and O–H groups in total. The van der Waals surface area contributed by atoms with Crippen LogP contribution in [-0.2, 0) is 9.59 Å². The summed E-state index contributed by atoms with van der Waals surface area (Å²) in [5.74, 6) is -0.908. The second-order valence-electron chi connectivity index (χ2n) is 9.44. The van der Waals surface area contributed by atoms with E-state index in [4.69, 9.17) is 0 Å². The van der Waals surface area contributed by atoms with Crippen LogP contribution in [0.25, 0.3) is 16.8 Å². The van der Waals surface area contributed by atoms with Crippen molar-refractivity contribution in [3.05, 3.63) is 131 Å². The zero-order chi connectivity index (χ0) is 29.3. The first-order valence-electron chi connectivity index (χ1n) is 13.5. The largest absolute Gasteiger partial charge is 0.325 e. The standard InChI is InChI=1S/C34H29N3O3S2/c1-2-31(34(40)36-27-18-17-23-10-6-7-13-25(23)20-27)42-29-15-8-14-26(21-29)35-33(39)30(22-28-16-9-19-41-28)37-32(38)24-11-4-3-5-12-24/h3-22,31H,2H2,1H3,(H,35,39)(H,36,40)(H,37,38)/b30-22-. The van der Waals surface area contributed by atoms with E-state index in [9.17, 15) is 14.4 Å². The highest BCUT2D eigenvalue weighted by molar-refractivity contribution is 8.00. The SMILES string of the molecule is CCC(Sc1cccc(NC(=O)/C(=C/c2cccs2)NC(=O)c2ccccc2)c1)C(=O)Nc1ccc2ccccc2c1. The van der Waals surface area contributed by atoms with Gasteiger partial charge >= 0.3 is 0 Å². The highest BCUT2D eigenvalue weighted by atomic mass is 32.2. The van der Waals surface area contributed by atoms with Crippen molar-refractivity contribution in [2.45, 2.75) is 23.5 Å². The molecule has 3 amide bonds. The van der Waals surface area contributed by atoms with Crippen LogP contribution >= 0.6 is 23.1 Å². The van der Waals surface area contributed by atoms with Crippen LogP contribution in [0.5, 0.6) is 0 Å². The minimum atomic E-state index is -0.448. The van der Waals surface area contributed by atoms with Crippen LogP contribution in [0.1, 0.15) is 28.6 Å². The lowest BCUT2D eigenvalue weighted by Gasteiger charge is -2.16. The minimum absolute atomic E-state index is 0.0861. The molecule has 0 aliphatic carbocycles. The summed E-state index contributed by atoms with van der Waals surface area (Å²) in [5, 5.41) is 12.4. The summed E-state index contributed by atoms with van der Waals surface area (Å²) in [6.07, 6.45) is 2.28. The predicted octanol–water partition coefficient (Wildman–Crippen LogP) is 7.82. The van der Waals surface area contributed by atoms with Crippen molar-refractivity contribution in [2.24, 2.45) is 0 Å². The van der Waals surface area contributed by atoms with E-state index in [0.29, 0.717) is 17.7 Å². The van der Waals surface area contributed by atoms with E-state index in [-0.39, 0.29) is 22.8 Å². The van der Waals surface area contributed by atoms with Gasteiger partial charge in [0.15, 0.2) is 0 Å². The van der Waals surface area contributed by atoms with Crippen LogP contribution in [0.15, 0.2) is 125 Å². The summed E-state index contributed by atoms with van der Waals surface area (Å²) >= 11 is 2.90. The molecule has 0 aliphatic heterocycles. The monoisotopic (exact) mass is 591 g/mol. The maximum atomic E-state index is 13.3. The average Bonchev–Trinajstić information content (AvgIpc) is 3.53. The first-order valence-corrected chi connectivity index (χ1v) is 15.2. The first-order chi connectivity index (χ1) is 20.5. The van der Waals surface area contributed by atoms with Gasteiger partial charge in [-0.15, -0.1) is 23.1 Å². The van der Waals surface area contributed by atoms with Gasteiger partial charge in [0.05, 0.1) is 5.25 Å². The fourth-order valence-corrected chi connectivity index (χ4v) is 5.95. The van der Waals surface area contributed by atoms with Gasteiger partial charge in [0.1, 0.15) is 5.70 Å². The van der Waals surface area contributed by atoms with Crippen LogP contribution in [-0.4, -0.2) is 23.0 Å². The molecule has 1 atom stereocenters. The van der Waals surface area contributed by atoms with Gasteiger partial charge < -0.3 is 16.0 Å². The fourth-order valence-electron chi connectivity index (χ4n) is 4.28. The number of hydrogen-bond donors (Lipinski definition) is 3. The maximum absolute atomic E-state index is 13.3. The van der Waals surface area contributed by atoms with Crippen molar-refractivity contribution in [3.8, 4) is 0 Å². The minimum Gasteiger partial charge on any atom is -0.325 e. The molecule has 5 rings (SSSR count). The third-order valence-electron chi connectivity index (χ3n) is 6.41. The Morgan fingerprint density at radius 2 is 1.55 bits per heavy atom. The Kier molecular flexibility index (Phi) is 9.48. The maximum Gasteiger partial charge on any atom is 0.272 e. The van der Waals surface area contributed by atoms with Gasteiger partial charge in [0.25, 0.3) is 11.8 Å². The Labute approximate surface area is 252 Å². The Balaban J connectivity index is 1.27. The number of nitrogens with one attached hydrogen (secondary N) is 3. The first kappa shape index (κ1) is 28.9. The molecule has 0 saturated heterocycles. The Bertz CT molecular complexity index is 1730. The molecule has 8 heteroatoms. The Morgan fingerprint density at radius 1 is 0.786 bits per heavy atom. The average molecular weight is 592 g/mol. The normalized spacial score (nSPS) is 12.0. The zero-order valence-corrected chi connectivity index (χ0v) is 24.5. The molecule has 6 nitrogen and oxygen atoms in total. The molecule has 1 heterocycles. The number of fused-ring (bicyclic) bond motifs is 1. The van der Waals surface area contributed by atoms with E-state index in [1.807, 2.05) is 91.2 Å². The highest BCUT2D eigenvalue weighted by Gasteiger charge is 2.19. The third kappa shape index (κ3) is 7.54. The number of benzene rings is 4. The van der Waals surface area contributed by atoms with E-state index in [0.717, 1.165) is 26.2 Å². The molecular weight excluding hydrogens is 563 g/mol. The van der Waals surface area contributed by atoms with Crippen molar-refractivity contribution >= 4 is 69.0 Å². The summed E-state index contributed by atoms with van der Waals surface area (Å²) in [6.45, 7) is 1.97. The Morgan fingerprint density at radius 3 is 2.31 bits per heavy atom. The Hall–Kier alpha value is -4.66. The zero-order valence-electron chi connectivity index (χ0n) is 22.9. The van der Waals surface area contributed by atoms with Crippen molar-refractivity contribution in [1.29, 1.82) is 0 Å². The topological polar surface area (TPSA) is 87.3 Å². The molecule has 4 aromatic carbocycles. The third-order valence-corrected chi connectivity index (χ3v) is 8.59. The lowest BCUT2D eigenvalue weighted by Crippen LogP contribution is -2.30. The van der Waals surface area contributed by atoms with Crippen LogP contribution in [0.2, 0.25) is 0 Å². The van der Waals surface area contributed by atoms with Crippen molar-refractivity contribution in [2.75, 3.05) is 10.6 Å². The molecule has 0 fully saturated rings. The van der Waals surface area contributed by atoms with Gasteiger partial charge in [-0.1, -0.05) is 67.6 Å². The van der Waals surface area contributed by atoms with Crippen molar-refractivity contribution < 1.29 is 14.4 Å². The molecule has 1 unspecified atom stereocenters. The van der Waals surface area contributed by atoms with E-state index in [1.54, 1.807) is 36.4 Å². The van der Waals surface area contributed by atoms with E-state index in [2.05, 4.69) is 16.0 Å². The van der Waals surface area contributed by atoms with Gasteiger partial charge in [-0.25, -0.2) is 0 Å². The summed E-state index contributed by atoms with van der Waals surface area (Å²) in [5.41, 5.74) is 1.89. The van der Waals surface area contributed by atoms with Crippen molar-refractivity contribution in [3.63, 3.8) is 0 Å². The van der Waals surface area contributed by atoms with Gasteiger partial charge in [0, 0.05) is 26.7 Å². The number of hydrogen-bond acceptors (Lipinski definition) is 5.